The summed E-state index contributed by atoms with van der Waals surface area (Å²) >= 11 is 1.93. The number of fused-ring (bicyclic) bond motifs is 9. The molecule has 0 unspecified atom stereocenters. The lowest BCUT2D eigenvalue weighted by Crippen LogP contribution is -1.94. The highest BCUT2D eigenvalue weighted by atomic mass is 32.1. The van der Waals surface area contributed by atoms with E-state index < -0.39 is 0 Å². The first-order valence-corrected chi connectivity index (χ1v) is 16.4. The predicted octanol–water partition coefficient (Wildman–Crippen LogP) is 12.6. The number of hydrogen-bond acceptors (Lipinski definition) is 1. The summed E-state index contributed by atoms with van der Waals surface area (Å²) < 4.78 is 5.17. The molecule has 0 saturated heterocycles. The van der Waals surface area contributed by atoms with Crippen molar-refractivity contribution >= 4 is 64.1 Å². The fourth-order valence-corrected chi connectivity index (χ4v) is 8.15. The zero-order valence-corrected chi connectivity index (χ0v) is 26.5. The van der Waals surface area contributed by atoms with Crippen LogP contribution in [-0.2, 0) is 0 Å². The van der Waals surface area contributed by atoms with E-state index in [1.807, 2.05) is 29.5 Å². The van der Waals surface area contributed by atoms with Crippen LogP contribution < -0.4 is 0 Å². The van der Waals surface area contributed by atoms with Gasteiger partial charge in [-0.1, -0.05) is 121 Å². The smallest absolute Gasteiger partial charge is 0.0555 e. The summed E-state index contributed by atoms with van der Waals surface area (Å²) in [6.07, 6.45) is 0. The van der Waals surface area contributed by atoms with Crippen LogP contribution in [0.2, 0.25) is 0 Å². The van der Waals surface area contributed by atoms with E-state index >= 15 is 0 Å². The van der Waals surface area contributed by atoms with Gasteiger partial charge in [-0.15, -0.1) is 11.3 Å². The minimum atomic E-state index is 1.19. The molecule has 9 aromatic rings. The quantitative estimate of drug-likeness (QED) is 0.187. The maximum atomic E-state index is 2.45. The molecule has 2 heteroatoms. The van der Waals surface area contributed by atoms with E-state index in [9.17, 15) is 0 Å². The predicted molar refractivity (Wildman–Crippen MR) is 197 cm³/mol. The summed E-state index contributed by atoms with van der Waals surface area (Å²) in [5, 5.41) is 8.04. The van der Waals surface area contributed by atoms with Crippen LogP contribution in [0.1, 0.15) is 16.7 Å². The summed E-state index contributed by atoms with van der Waals surface area (Å²) in [6, 6.07) is 52.5. The highest BCUT2D eigenvalue weighted by Crippen LogP contribution is 2.48. The van der Waals surface area contributed by atoms with Gasteiger partial charge < -0.3 is 4.57 Å². The Kier molecular flexibility index (Phi) is 6.73. The Hall–Kier alpha value is -5.18. The molecule has 0 atom stereocenters. The first-order valence-electron chi connectivity index (χ1n) is 15.5. The third-order valence-corrected chi connectivity index (χ3v) is 10.2. The Balaban J connectivity index is 0.000000382. The normalized spacial score (nSPS) is 11.4. The Morgan fingerprint density at radius 2 is 1.13 bits per heavy atom. The van der Waals surface area contributed by atoms with Crippen LogP contribution in [-0.4, -0.2) is 4.57 Å². The van der Waals surface area contributed by atoms with Crippen LogP contribution in [0.3, 0.4) is 0 Å². The minimum Gasteiger partial charge on any atom is -0.309 e. The number of nitrogens with zero attached hydrogens (tertiary/aromatic N) is 1. The Morgan fingerprint density at radius 1 is 0.467 bits per heavy atom. The van der Waals surface area contributed by atoms with Crippen LogP contribution in [0, 0.1) is 20.8 Å². The van der Waals surface area contributed by atoms with Gasteiger partial charge in [0.25, 0.3) is 0 Å². The molecule has 216 valence electrons. The minimum absolute atomic E-state index is 1.19. The number of hydrogen-bond donors (Lipinski definition) is 0. The summed E-state index contributed by atoms with van der Waals surface area (Å²) in [5.41, 5.74) is 10.3. The van der Waals surface area contributed by atoms with Crippen LogP contribution in [0.4, 0.5) is 0 Å². The number of rotatable bonds is 2. The van der Waals surface area contributed by atoms with Crippen molar-refractivity contribution in [1.29, 1.82) is 0 Å². The molecule has 0 saturated carbocycles. The second kappa shape index (κ2) is 11.1. The van der Waals surface area contributed by atoms with Gasteiger partial charge in [0.15, 0.2) is 0 Å². The van der Waals surface area contributed by atoms with Crippen LogP contribution in [0.25, 0.3) is 69.6 Å². The third-order valence-electron chi connectivity index (χ3n) is 9.00. The average Bonchev–Trinajstić information content (AvgIpc) is 3.62. The van der Waals surface area contributed by atoms with Crippen molar-refractivity contribution in [2.45, 2.75) is 20.8 Å². The van der Waals surface area contributed by atoms with Crippen LogP contribution in [0.5, 0.6) is 0 Å². The van der Waals surface area contributed by atoms with Crippen LogP contribution >= 0.6 is 11.3 Å². The standard InChI is InChI=1S/C36H25NS.C7H8/c1-22-10-6-8-14-26(22)32-23(2)16-19-29-34(32)35-30(37(29)25-12-4-3-5-13-25)20-18-28-33-27-15-9-7-11-24(27)17-21-31(33)38-36(28)35;1-7-5-3-2-4-6-7/h3-21H,1-2H3;2-6H,1H3. The molecule has 0 aliphatic heterocycles. The number of benzene rings is 7. The molecule has 45 heavy (non-hydrogen) atoms. The Bertz CT molecular complexity index is 2500. The van der Waals surface area contributed by atoms with Crippen molar-refractivity contribution in [1.82, 2.24) is 4.57 Å². The SMILES string of the molecule is Cc1ccccc1.Cc1ccccc1-c1c(C)ccc2c1c1c3sc4ccc5ccccc5c4c3ccc1n2-c1ccccc1. The Labute approximate surface area is 267 Å². The molecular formula is C43H33NS. The van der Waals surface area contributed by atoms with Gasteiger partial charge in [-0.25, -0.2) is 0 Å². The van der Waals surface area contributed by atoms with Crippen molar-refractivity contribution in [2.75, 3.05) is 0 Å². The van der Waals surface area contributed by atoms with E-state index in [-0.39, 0.29) is 0 Å². The molecule has 1 nitrogen and oxygen atoms in total. The van der Waals surface area contributed by atoms with E-state index in [2.05, 4.69) is 153 Å². The molecule has 0 N–H and O–H groups in total. The molecule has 2 heterocycles. The number of aryl methyl sites for hydroxylation is 3. The average molecular weight is 596 g/mol. The second-order valence-corrected chi connectivity index (χ2v) is 12.9. The van der Waals surface area contributed by atoms with E-state index in [4.69, 9.17) is 0 Å². The maximum absolute atomic E-state index is 2.45. The molecule has 7 aromatic carbocycles. The molecular weight excluding hydrogens is 563 g/mol. The van der Waals surface area contributed by atoms with Crippen molar-refractivity contribution in [3.8, 4) is 16.8 Å². The molecule has 0 aliphatic rings. The monoisotopic (exact) mass is 595 g/mol. The zero-order valence-electron chi connectivity index (χ0n) is 25.7. The molecule has 0 spiro atoms. The summed E-state index contributed by atoms with van der Waals surface area (Å²) in [6.45, 7) is 6.57. The number of aromatic nitrogens is 1. The maximum Gasteiger partial charge on any atom is 0.0555 e. The van der Waals surface area contributed by atoms with Gasteiger partial charge in [0, 0.05) is 36.6 Å². The highest BCUT2D eigenvalue weighted by Gasteiger charge is 2.22. The third kappa shape index (κ3) is 4.53. The van der Waals surface area contributed by atoms with E-state index in [0.717, 1.165) is 0 Å². The lowest BCUT2D eigenvalue weighted by molar-refractivity contribution is 1.18. The molecule has 0 aliphatic carbocycles. The van der Waals surface area contributed by atoms with Gasteiger partial charge in [-0.2, -0.15) is 0 Å². The number of thiophene rings is 1. The lowest BCUT2D eigenvalue weighted by Gasteiger charge is -2.13. The number of para-hydroxylation sites is 1. The second-order valence-electron chi connectivity index (χ2n) is 11.9. The molecule has 0 radical (unpaired) electrons. The van der Waals surface area contributed by atoms with Gasteiger partial charge in [0.05, 0.1) is 11.0 Å². The Morgan fingerprint density at radius 3 is 1.89 bits per heavy atom. The van der Waals surface area contributed by atoms with Crippen molar-refractivity contribution < 1.29 is 0 Å². The first kappa shape index (κ1) is 27.4. The van der Waals surface area contributed by atoms with Gasteiger partial charge >= 0.3 is 0 Å². The van der Waals surface area contributed by atoms with Gasteiger partial charge in [0.2, 0.25) is 0 Å². The molecule has 0 bridgehead atoms. The van der Waals surface area contributed by atoms with Crippen molar-refractivity contribution in [3.05, 3.63) is 162 Å². The molecule has 0 amide bonds. The molecule has 2 aromatic heterocycles. The first-order chi connectivity index (χ1) is 22.1. The van der Waals surface area contributed by atoms with Crippen LogP contribution in [0.15, 0.2) is 146 Å². The van der Waals surface area contributed by atoms with Gasteiger partial charge in [-0.05, 0) is 84.1 Å². The fourth-order valence-electron chi connectivity index (χ4n) is 6.88. The topological polar surface area (TPSA) is 4.93 Å². The summed E-state index contributed by atoms with van der Waals surface area (Å²) in [7, 11) is 0. The zero-order chi connectivity index (χ0) is 30.5. The van der Waals surface area contributed by atoms with E-state index in [0.29, 0.717) is 0 Å². The van der Waals surface area contributed by atoms with Gasteiger partial charge in [0.1, 0.15) is 0 Å². The lowest BCUT2D eigenvalue weighted by atomic mass is 9.92. The largest absolute Gasteiger partial charge is 0.309 e. The summed E-state index contributed by atoms with van der Waals surface area (Å²) in [4.78, 5) is 0. The fraction of sp³-hybridized carbons (Fsp3) is 0.0698. The van der Waals surface area contributed by atoms with Crippen molar-refractivity contribution in [2.24, 2.45) is 0 Å². The summed E-state index contributed by atoms with van der Waals surface area (Å²) in [5.74, 6) is 0. The van der Waals surface area contributed by atoms with Gasteiger partial charge in [-0.3, -0.25) is 0 Å². The van der Waals surface area contributed by atoms with E-state index in [1.54, 1.807) is 0 Å². The van der Waals surface area contributed by atoms with Crippen molar-refractivity contribution in [3.63, 3.8) is 0 Å². The van der Waals surface area contributed by atoms with E-state index in [1.165, 1.54) is 86.3 Å². The highest BCUT2D eigenvalue weighted by molar-refractivity contribution is 7.27. The molecule has 0 fully saturated rings. The molecule has 9 rings (SSSR count).